The molecule has 36 heavy (non-hydrogen) atoms. The minimum Gasteiger partial charge on any atom is -0.358 e. The highest BCUT2D eigenvalue weighted by atomic mass is 35.5. The number of carbonyl (C=O) groups excluding carboxylic acids is 2. The summed E-state index contributed by atoms with van der Waals surface area (Å²) in [4.78, 5) is 32.8. The Balaban J connectivity index is 1.41. The first-order valence-electron chi connectivity index (χ1n) is 11.9. The second-order valence-corrected chi connectivity index (χ2v) is 10.2. The van der Waals surface area contributed by atoms with E-state index in [0.717, 1.165) is 33.4 Å². The lowest BCUT2D eigenvalue weighted by Crippen LogP contribution is -2.67. The van der Waals surface area contributed by atoms with Gasteiger partial charge in [-0.1, -0.05) is 23.7 Å². The largest absolute Gasteiger partial charge is 0.358 e. The first kappa shape index (κ1) is 24.4. The van der Waals surface area contributed by atoms with Gasteiger partial charge in [-0.15, -0.1) is 0 Å². The number of hydrogen-bond acceptors (Lipinski definition) is 5. The Morgan fingerprint density at radius 3 is 2.58 bits per heavy atom. The smallest absolute Gasteiger partial charge is 0.331 e. The lowest BCUT2D eigenvalue weighted by molar-refractivity contribution is -0.139. The molecular weight excluding hydrogens is 482 g/mol. The van der Waals surface area contributed by atoms with Gasteiger partial charge in [-0.05, 0) is 69.2 Å². The highest BCUT2D eigenvalue weighted by molar-refractivity contribution is 6.30. The highest BCUT2D eigenvalue weighted by Crippen LogP contribution is 2.27. The number of benzene rings is 2. The van der Waals surface area contributed by atoms with E-state index in [0.29, 0.717) is 11.6 Å². The van der Waals surface area contributed by atoms with Crippen molar-refractivity contribution in [2.75, 3.05) is 18.5 Å². The molecule has 2 atom stereocenters. The quantitative estimate of drug-likeness (QED) is 0.435. The Labute approximate surface area is 214 Å². The van der Waals surface area contributed by atoms with Gasteiger partial charge in [0.15, 0.2) is 12.1 Å². The van der Waals surface area contributed by atoms with Crippen molar-refractivity contribution in [1.29, 1.82) is 0 Å². The molecule has 3 N–H and O–H groups in total. The molecule has 0 spiro atoms. The molecule has 2 saturated heterocycles. The molecule has 0 saturated carbocycles. The third-order valence-electron chi connectivity index (χ3n) is 6.62. The predicted molar refractivity (Wildman–Crippen MR) is 138 cm³/mol. The first-order chi connectivity index (χ1) is 17.1. The summed E-state index contributed by atoms with van der Waals surface area (Å²) in [7, 11) is 0. The second-order valence-electron chi connectivity index (χ2n) is 9.73. The van der Waals surface area contributed by atoms with Crippen LogP contribution in [0.1, 0.15) is 30.7 Å². The number of imide groups is 1. The molecule has 2 aromatic carbocycles. The van der Waals surface area contributed by atoms with Crippen LogP contribution in [-0.2, 0) is 16.0 Å². The lowest BCUT2D eigenvalue weighted by Gasteiger charge is -2.42. The standard InChI is InChI=1S/C26H30ClN5O4/c1-15-16(2)28-22-10-9-19(11-21(15)22)29-23-30-24(33)32(13-20-14-35-26(3,4)36-20)25(34)31(23)12-17-5-7-18(27)8-6-17/h5-11,20,23,28-29H,12-14H2,1-4H3,(H,30,33)/t20-,23?/m0/s1. The molecule has 1 unspecified atom stereocenters. The number of aryl methyl sites for hydroxylation is 2. The average Bonchev–Trinajstić information content (AvgIpc) is 3.32. The van der Waals surface area contributed by atoms with Gasteiger partial charge in [0, 0.05) is 27.3 Å². The van der Waals surface area contributed by atoms with Crippen LogP contribution in [0.3, 0.4) is 0 Å². The van der Waals surface area contributed by atoms with Crippen molar-refractivity contribution >= 4 is 40.3 Å². The average molecular weight is 512 g/mol. The van der Waals surface area contributed by atoms with E-state index in [1.54, 1.807) is 17.0 Å². The van der Waals surface area contributed by atoms with Crippen molar-refractivity contribution in [3.8, 4) is 0 Å². The van der Waals surface area contributed by atoms with E-state index in [2.05, 4.69) is 22.5 Å². The summed E-state index contributed by atoms with van der Waals surface area (Å²) in [6.07, 6.45) is -1.16. The molecule has 2 aliphatic heterocycles. The van der Waals surface area contributed by atoms with E-state index in [1.165, 1.54) is 4.90 Å². The zero-order valence-electron chi connectivity index (χ0n) is 20.7. The van der Waals surface area contributed by atoms with Crippen LogP contribution < -0.4 is 10.6 Å². The number of halogens is 1. The van der Waals surface area contributed by atoms with Crippen molar-refractivity contribution in [2.24, 2.45) is 0 Å². The van der Waals surface area contributed by atoms with Crippen molar-refractivity contribution < 1.29 is 19.1 Å². The van der Waals surface area contributed by atoms with Crippen LogP contribution in [0.5, 0.6) is 0 Å². The predicted octanol–water partition coefficient (Wildman–Crippen LogP) is 4.93. The SMILES string of the molecule is Cc1[nH]c2ccc(NC3NC(=O)N(C[C@H]4COC(C)(C)O4)C(=O)N3Cc3ccc(Cl)cc3)cc2c1C. The Bertz CT molecular complexity index is 1310. The van der Waals surface area contributed by atoms with Crippen LogP contribution in [0.4, 0.5) is 15.3 Å². The topological polar surface area (TPSA) is 98.9 Å². The van der Waals surface area contributed by atoms with Crippen LogP contribution in [0.2, 0.25) is 5.02 Å². The zero-order chi connectivity index (χ0) is 25.6. The third kappa shape index (κ3) is 4.86. The van der Waals surface area contributed by atoms with Gasteiger partial charge >= 0.3 is 12.1 Å². The number of nitrogens with one attached hydrogen (secondary N) is 3. The summed E-state index contributed by atoms with van der Waals surface area (Å²) in [6.45, 7) is 8.37. The van der Waals surface area contributed by atoms with Gasteiger partial charge in [-0.25, -0.2) is 14.5 Å². The van der Waals surface area contributed by atoms with Gasteiger partial charge in [0.2, 0.25) is 0 Å². The fourth-order valence-electron chi connectivity index (χ4n) is 4.61. The molecule has 5 rings (SSSR count). The summed E-state index contributed by atoms with van der Waals surface area (Å²) in [6, 6.07) is 12.3. The number of hydrogen-bond donors (Lipinski definition) is 3. The summed E-state index contributed by atoms with van der Waals surface area (Å²) < 4.78 is 11.5. The van der Waals surface area contributed by atoms with Gasteiger partial charge < -0.3 is 19.8 Å². The molecule has 190 valence electrons. The minimum atomic E-state index is -0.757. The Morgan fingerprint density at radius 1 is 1.14 bits per heavy atom. The molecule has 10 heteroatoms. The number of aromatic nitrogens is 1. The van der Waals surface area contributed by atoms with Crippen LogP contribution >= 0.6 is 11.6 Å². The summed E-state index contributed by atoms with van der Waals surface area (Å²) in [5, 5.41) is 7.96. The number of aromatic amines is 1. The summed E-state index contributed by atoms with van der Waals surface area (Å²) >= 11 is 6.06. The number of ether oxygens (including phenoxy) is 2. The fraction of sp³-hybridized carbons (Fsp3) is 0.385. The fourth-order valence-corrected chi connectivity index (χ4v) is 4.74. The van der Waals surface area contributed by atoms with Crippen LogP contribution in [-0.4, -0.2) is 58.2 Å². The van der Waals surface area contributed by atoms with E-state index in [-0.39, 0.29) is 13.1 Å². The van der Waals surface area contributed by atoms with Crippen molar-refractivity contribution in [3.63, 3.8) is 0 Å². The molecule has 0 bridgehead atoms. The van der Waals surface area contributed by atoms with Crippen molar-refractivity contribution in [3.05, 3.63) is 64.3 Å². The first-order valence-corrected chi connectivity index (χ1v) is 12.3. The van der Waals surface area contributed by atoms with E-state index >= 15 is 0 Å². The monoisotopic (exact) mass is 511 g/mol. The minimum absolute atomic E-state index is 0.0890. The molecule has 3 heterocycles. The normalized spacial score (nSPS) is 21.8. The maximum atomic E-state index is 13.7. The van der Waals surface area contributed by atoms with E-state index in [4.69, 9.17) is 21.1 Å². The number of fused-ring (bicyclic) bond motifs is 1. The number of carbonyl (C=O) groups is 2. The molecule has 4 amide bonds. The van der Waals surface area contributed by atoms with Gasteiger partial charge in [0.25, 0.3) is 0 Å². The van der Waals surface area contributed by atoms with E-state index in [1.807, 2.05) is 51.1 Å². The van der Waals surface area contributed by atoms with E-state index < -0.39 is 30.2 Å². The molecule has 0 radical (unpaired) electrons. The maximum Gasteiger partial charge on any atom is 0.331 e. The molecule has 0 aliphatic carbocycles. The third-order valence-corrected chi connectivity index (χ3v) is 6.88. The zero-order valence-corrected chi connectivity index (χ0v) is 21.5. The maximum absolute atomic E-state index is 13.7. The van der Waals surface area contributed by atoms with Crippen molar-refractivity contribution in [2.45, 2.75) is 52.4 Å². The van der Waals surface area contributed by atoms with Crippen LogP contribution in [0.15, 0.2) is 42.5 Å². The van der Waals surface area contributed by atoms with Crippen LogP contribution in [0, 0.1) is 13.8 Å². The molecular formula is C26H30ClN5O4. The number of anilines is 1. The summed E-state index contributed by atoms with van der Waals surface area (Å²) in [5.74, 6) is -0.750. The van der Waals surface area contributed by atoms with E-state index in [9.17, 15) is 9.59 Å². The Hall–Kier alpha value is -3.27. The number of nitrogens with zero attached hydrogens (tertiary/aromatic N) is 2. The number of urea groups is 2. The lowest BCUT2D eigenvalue weighted by atomic mass is 10.1. The van der Waals surface area contributed by atoms with Crippen LogP contribution in [0.25, 0.3) is 10.9 Å². The molecule has 2 aliphatic rings. The number of rotatable bonds is 6. The molecule has 1 aromatic heterocycles. The van der Waals surface area contributed by atoms with Gasteiger partial charge in [0.1, 0.15) is 6.10 Å². The van der Waals surface area contributed by atoms with Gasteiger partial charge in [0.05, 0.1) is 19.7 Å². The molecule has 9 nitrogen and oxygen atoms in total. The van der Waals surface area contributed by atoms with Gasteiger partial charge in [-0.3, -0.25) is 10.2 Å². The molecule has 3 aromatic rings. The number of H-pyrrole nitrogens is 1. The van der Waals surface area contributed by atoms with Crippen molar-refractivity contribution in [1.82, 2.24) is 20.1 Å². The van der Waals surface area contributed by atoms with Gasteiger partial charge in [-0.2, -0.15) is 0 Å². The molecule has 2 fully saturated rings. The number of amides is 4. The Kier molecular flexibility index (Phi) is 6.32. The summed E-state index contributed by atoms with van der Waals surface area (Å²) in [5.41, 5.74) is 4.95. The highest BCUT2D eigenvalue weighted by Gasteiger charge is 2.42. The Morgan fingerprint density at radius 2 is 1.89 bits per heavy atom. The second kappa shape index (κ2) is 9.31.